The maximum absolute atomic E-state index is 14.8. The predicted molar refractivity (Wildman–Crippen MR) is 167 cm³/mol. The Morgan fingerprint density at radius 2 is 1.68 bits per heavy atom. The summed E-state index contributed by atoms with van der Waals surface area (Å²) in [6.07, 6.45) is 13.5. The number of carbonyl (C=O) groups is 1. The molecule has 1 aromatic heterocycles. The van der Waals surface area contributed by atoms with E-state index in [2.05, 4.69) is 68.6 Å². The highest BCUT2D eigenvalue weighted by atomic mass is 79.9. The second-order valence-electron chi connectivity index (χ2n) is 13.4. The number of ether oxygens (including phenoxy) is 1. The van der Waals surface area contributed by atoms with Crippen LogP contribution in [0.1, 0.15) is 87.8 Å². The molecule has 8 rings (SSSR count). The van der Waals surface area contributed by atoms with Gasteiger partial charge in [-0.05, 0) is 98.9 Å². The van der Waals surface area contributed by atoms with Gasteiger partial charge in [-0.2, -0.15) is 0 Å². The third-order valence-corrected chi connectivity index (χ3v) is 11.1. The molecule has 216 valence electrons. The Bertz CT molecular complexity index is 1370. The van der Waals surface area contributed by atoms with Crippen molar-refractivity contribution < 1.29 is 9.53 Å². The van der Waals surface area contributed by atoms with Crippen LogP contribution in [0.2, 0.25) is 0 Å². The van der Waals surface area contributed by atoms with Crippen LogP contribution in [0.4, 0.5) is 0 Å². The molecule has 1 heterocycles. The number of hydrogen-bond donors (Lipinski definition) is 1. The predicted octanol–water partition coefficient (Wildman–Crippen LogP) is 7.82. The first-order valence-electron chi connectivity index (χ1n) is 15.8. The molecule has 5 aliphatic rings. The Labute approximate surface area is 252 Å². The third-order valence-electron chi connectivity index (χ3n) is 10.6. The minimum atomic E-state index is -0.265. The molecule has 1 atom stereocenters. The molecule has 6 heteroatoms. The molecule has 0 saturated heterocycles. The molecule has 1 unspecified atom stereocenters. The fourth-order valence-corrected chi connectivity index (χ4v) is 9.65. The van der Waals surface area contributed by atoms with Crippen molar-refractivity contribution in [1.82, 2.24) is 15.2 Å². The van der Waals surface area contributed by atoms with E-state index in [1.54, 1.807) is 7.11 Å². The molecule has 4 bridgehead atoms. The second kappa shape index (κ2) is 11.3. The summed E-state index contributed by atoms with van der Waals surface area (Å²) >= 11 is 3.66. The Morgan fingerprint density at radius 3 is 2.34 bits per heavy atom. The van der Waals surface area contributed by atoms with Crippen molar-refractivity contribution in [3.8, 4) is 5.88 Å². The summed E-state index contributed by atoms with van der Waals surface area (Å²) in [6, 6.07) is 19.2. The lowest BCUT2D eigenvalue weighted by molar-refractivity contribution is -0.154. The number of rotatable bonds is 8. The fraction of sp³-hybridized carbons (Fsp3) is 0.543. The van der Waals surface area contributed by atoms with E-state index in [1.807, 2.05) is 12.1 Å². The zero-order valence-electron chi connectivity index (χ0n) is 24.2. The van der Waals surface area contributed by atoms with Crippen molar-refractivity contribution in [1.29, 1.82) is 0 Å². The molecule has 5 nitrogen and oxygen atoms in total. The lowest BCUT2D eigenvalue weighted by atomic mass is 9.52. The molecule has 1 amide bonds. The summed E-state index contributed by atoms with van der Waals surface area (Å²) in [5.74, 6) is 3.02. The molecule has 5 aliphatic carbocycles. The summed E-state index contributed by atoms with van der Waals surface area (Å²) in [4.78, 5) is 22.1. The largest absolute Gasteiger partial charge is 0.481 e. The van der Waals surface area contributed by atoms with E-state index in [0.717, 1.165) is 63.5 Å². The van der Waals surface area contributed by atoms with Gasteiger partial charge in [0.2, 0.25) is 11.8 Å². The quantitative estimate of drug-likeness (QED) is 0.281. The van der Waals surface area contributed by atoms with Gasteiger partial charge in [-0.1, -0.05) is 65.5 Å². The zero-order chi connectivity index (χ0) is 28.0. The van der Waals surface area contributed by atoms with Crippen LogP contribution in [0.5, 0.6) is 5.88 Å². The number of amides is 1. The number of methoxy groups -OCH3 is 1. The number of carbonyl (C=O) groups excluding carboxylic acids is 1. The zero-order valence-corrected chi connectivity index (χ0v) is 25.7. The molecule has 1 N–H and O–H groups in total. The monoisotopic (exact) mass is 615 g/mol. The number of nitrogens with zero attached hydrogens (tertiary/aromatic N) is 2. The number of hydrogen-bond acceptors (Lipinski definition) is 4. The van der Waals surface area contributed by atoms with E-state index >= 15 is 0 Å². The number of nitrogens with one attached hydrogen (secondary N) is 1. The minimum Gasteiger partial charge on any atom is -0.481 e. The van der Waals surface area contributed by atoms with Crippen LogP contribution in [-0.2, 0) is 4.79 Å². The topological polar surface area (TPSA) is 54.5 Å². The molecule has 0 radical (unpaired) electrons. The Kier molecular flexibility index (Phi) is 7.57. The van der Waals surface area contributed by atoms with Crippen LogP contribution in [0.25, 0.3) is 10.9 Å². The average molecular weight is 617 g/mol. The van der Waals surface area contributed by atoms with Gasteiger partial charge in [0.15, 0.2) is 0 Å². The summed E-state index contributed by atoms with van der Waals surface area (Å²) in [5.41, 5.74) is 2.87. The van der Waals surface area contributed by atoms with Gasteiger partial charge in [-0.15, -0.1) is 0 Å². The number of aromatic nitrogens is 1. The first-order chi connectivity index (χ1) is 20.0. The van der Waals surface area contributed by atoms with Crippen molar-refractivity contribution in [2.75, 3.05) is 13.7 Å². The number of fused-ring (bicyclic) bond motifs is 1. The van der Waals surface area contributed by atoms with Crippen molar-refractivity contribution in [2.24, 2.45) is 17.8 Å². The normalized spacial score (nSPS) is 28.1. The molecule has 3 aromatic rings. The molecule has 5 saturated carbocycles. The molecule has 41 heavy (non-hydrogen) atoms. The second-order valence-corrected chi connectivity index (χ2v) is 14.3. The molecule has 2 aromatic carbocycles. The van der Waals surface area contributed by atoms with Crippen molar-refractivity contribution >= 4 is 32.7 Å². The average Bonchev–Trinajstić information content (AvgIpc) is 2.98. The van der Waals surface area contributed by atoms with Crippen LogP contribution in [-0.4, -0.2) is 41.0 Å². The van der Waals surface area contributed by atoms with E-state index in [-0.39, 0.29) is 17.5 Å². The maximum Gasteiger partial charge on any atom is 0.237 e. The third kappa shape index (κ3) is 5.31. The number of benzene rings is 2. The smallest absolute Gasteiger partial charge is 0.237 e. The van der Waals surface area contributed by atoms with E-state index < -0.39 is 0 Å². The van der Waals surface area contributed by atoms with Gasteiger partial charge in [0.1, 0.15) is 0 Å². The number of halogens is 1. The number of pyridine rings is 1. The van der Waals surface area contributed by atoms with Gasteiger partial charge in [-0.25, -0.2) is 4.98 Å². The maximum atomic E-state index is 14.8. The summed E-state index contributed by atoms with van der Waals surface area (Å²) in [7, 11) is 1.71. The van der Waals surface area contributed by atoms with Gasteiger partial charge >= 0.3 is 0 Å². The molecule has 5 fully saturated rings. The van der Waals surface area contributed by atoms with E-state index in [4.69, 9.17) is 9.72 Å². The first-order valence-corrected chi connectivity index (χ1v) is 16.6. The fourth-order valence-electron chi connectivity index (χ4n) is 9.27. The van der Waals surface area contributed by atoms with Crippen molar-refractivity contribution in [2.45, 2.75) is 88.3 Å². The molecular formula is C35H42BrN3O2. The van der Waals surface area contributed by atoms with Crippen LogP contribution < -0.4 is 10.1 Å². The van der Waals surface area contributed by atoms with Gasteiger partial charge in [-0.3, -0.25) is 4.79 Å². The SMILES string of the molecule is COc1nc2ccc(Br)cc2cc1C(c1ccccc1)N(C(=O)CNC1CCCCC1)C12CC3CC(CC(C3)C1)C2. The van der Waals surface area contributed by atoms with Crippen LogP contribution in [0.3, 0.4) is 0 Å². The Morgan fingerprint density at radius 1 is 1.00 bits per heavy atom. The summed E-state index contributed by atoms with van der Waals surface area (Å²) in [5, 5.41) is 4.76. The van der Waals surface area contributed by atoms with Gasteiger partial charge in [0.25, 0.3) is 0 Å². The van der Waals surface area contributed by atoms with Crippen molar-refractivity contribution in [3.05, 3.63) is 70.2 Å². The lowest BCUT2D eigenvalue weighted by Crippen LogP contribution is -2.63. The van der Waals surface area contributed by atoms with Crippen LogP contribution in [0, 0.1) is 17.8 Å². The molecular weight excluding hydrogens is 574 g/mol. The summed E-state index contributed by atoms with van der Waals surface area (Å²) < 4.78 is 7.03. The molecule has 0 spiro atoms. The highest BCUT2D eigenvalue weighted by Crippen LogP contribution is 2.60. The van der Waals surface area contributed by atoms with Gasteiger partial charge in [0, 0.05) is 27.0 Å². The highest BCUT2D eigenvalue weighted by Gasteiger charge is 2.56. The molecule has 0 aliphatic heterocycles. The van der Waals surface area contributed by atoms with E-state index in [1.165, 1.54) is 51.4 Å². The van der Waals surface area contributed by atoms with Crippen LogP contribution in [0.15, 0.2) is 59.1 Å². The van der Waals surface area contributed by atoms with Gasteiger partial charge < -0.3 is 15.0 Å². The van der Waals surface area contributed by atoms with Crippen LogP contribution >= 0.6 is 15.9 Å². The first kappa shape index (κ1) is 27.4. The van der Waals surface area contributed by atoms with Gasteiger partial charge in [0.05, 0.1) is 25.2 Å². The highest BCUT2D eigenvalue weighted by molar-refractivity contribution is 9.10. The minimum absolute atomic E-state index is 0.127. The van der Waals surface area contributed by atoms with E-state index in [0.29, 0.717) is 18.5 Å². The Balaban J connectivity index is 1.37. The summed E-state index contributed by atoms with van der Waals surface area (Å²) in [6.45, 7) is 0.393. The lowest BCUT2D eigenvalue weighted by Gasteiger charge is -2.62. The van der Waals surface area contributed by atoms with E-state index in [9.17, 15) is 4.79 Å². The van der Waals surface area contributed by atoms with Crippen molar-refractivity contribution in [3.63, 3.8) is 0 Å². The standard InChI is InChI=1S/C35H42BrN3O2/c1-41-34-30(18-27-17-28(36)12-13-31(27)38-34)33(26-8-4-2-5-9-26)39(32(40)22-37-29-10-6-3-7-11-29)35-19-23-14-24(20-35)16-25(15-23)21-35/h2,4-5,8-9,12-13,17-18,23-25,29,33,37H,3,6-7,10-11,14-16,19-22H2,1H3. The Hall–Kier alpha value is -2.44.